The molecule has 0 amide bonds. The molecule has 0 unspecified atom stereocenters. The standard InChI is InChI=1S/C12H15ClN4O/c1-8-7-18-4-3-17(8)11-5-9(13)12-10(15-11)6-14-16(12)2/h5-6,8H,3-4,7H2,1-2H3/t8-/m1/s1. The molecule has 1 atom stereocenters. The van der Waals surface area contributed by atoms with Gasteiger partial charge in [-0.1, -0.05) is 11.6 Å². The van der Waals surface area contributed by atoms with E-state index in [2.05, 4.69) is 21.9 Å². The molecule has 0 aromatic carbocycles. The van der Waals surface area contributed by atoms with E-state index in [0.29, 0.717) is 11.1 Å². The largest absolute Gasteiger partial charge is 0.377 e. The number of fused-ring (bicyclic) bond motifs is 1. The molecule has 1 saturated heterocycles. The average molecular weight is 267 g/mol. The quantitative estimate of drug-likeness (QED) is 0.790. The lowest BCUT2D eigenvalue weighted by Gasteiger charge is -2.34. The summed E-state index contributed by atoms with van der Waals surface area (Å²) in [6, 6.07) is 2.23. The first-order valence-corrected chi connectivity index (χ1v) is 6.37. The minimum Gasteiger partial charge on any atom is -0.377 e. The summed E-state index contributed by atoms with van der Waals surface area (Å²) in [4.78, 5) is 6.86. The number of rotatable bonds is 1. The Kier molecular flexibility index (Phi) is 2.87. The van der Waals surface area contributed by atoms with Crippen LogP contribution in [0.25, 0.3) is 11.0 Å². The molecule has 0 spiro atoms. The second kappa shape index (κ2) is 4.40. The van der Waals surface area contributed by atoms with E-state index in [-0.39, 0.29) is 0 Å². The van der Waals surface area contributed by atoms with Crippen molar-refractivity contribution in [2.45, 2.75) is 13.0 Å². The summed E-state index contributed by atoms with van der Waals surface area (Å²) < 4.78 is 7.18. The van der Waals surface area contributed by atoms with Crippen molar-refractivity contribution in [3.05, 3.63) is 17.3 Å². The lowest BCUT2D eigenvalue weighted by Crippen LogP contribution is -2.44. The van der Waals surface area contributed by atoms with Crippen LogP contribution in [-0.4, -0.2) is 40.6 Å². The summed E-state index contributed by atoms with van der Waals surface area (Å²) in [6.07, 6.45) is 1.75. The van der Waals surface area contributed by atoms with Crippen LogP contribution in [0.2, 0.25) is 5.02 Å². The minimum absolute atomic E-state index is 0.316. The number of nitrogens with zero attached hydrogens (tertiary/aromatic N) is 4. The molecule has 2 aromatic rings. The first kappa shape index (κ1) is 11.7. The fourth-order valence-electron chi connectivity index (χ4n) is 2.34. The molecule has 0 radical (unpaired) electrons. The van der Waals surface area contributed by atoms with Gasteiger partial charge < -0.3 is 9.64 Å². The predicted molar refractivity (Wildman–Crippen MR) is 71.1 cm³/mol. The highest BCUT2D eigenvalue weighted by atomic mass is 35.5. The zero-order valence-corrected chi connectivity index (χ0v) is 11.2. The third kappa shape index (κ3) is 1.83. The first-order valence-electron chi connectivity index (χ1n) is 5.99. The molecule has 2 aromatic heterocycles. The number of hydrogen-bond donors (Lipinski definition) is 0. The van der Waals surface area contributed by atoms with Crippen LogP contribution in [-0.2, 0) is 11.8 Å². The Labute approximate surface area is 110 Å². The van der Waals surface area contributed by atoms with Gasteiger partial charge in [0, 0.05) is 19.7 Å². The van der Waals surface area contributed by atoms with E-state index in [0.717, 1.165) is 36.6 Å². The number of halogens is 1. The smallest absolute Gasteiger partial charge is 0.131 e. The molecule has 1 fully saturated rings. The fraction of sp³-hybridized carbons (Fsp3) is 0.500. The number of ether oxygens (including phenoxy) is 1. The maximum Gasteiger partial charge on any atom is 0.131 e. The predicted octanol–water partition coefficient (Wildman–Crippen LogP) is 1.85. The Morgan fingerprint density at radius 2 is 2.33 bits per heavy atom. The van der Waals surface area contributed by atoms with Gasteiger partial charge in [-0.3, -0.25) is 4.68 Å². The van der Waals surface area contributed by atoms with Gasteiger partial charge in [0.15, 0.2) is 0 Å². The van der Waals surface area contributed by atoms with Crippen LogP contribution >= 0.6 is 11.6 Å². The Morgan fingerprint density at radius 3 is 3.11 bits per heavy atom. The number of hydrogen-bond acceptors (Lipinski definition) is 4. The van der Waals surface area contributed by atoms with E-state index < -0.39 is 0 Å². The molecule has 0 bridgehead atoms. The Morgan fingerprint density at radius 1 is 1.50 bits per heavy atom. The highest BCUT2D eigenvalue weighted by Crippen LogP contribution is 2.27. The molecule has 18 heavy (non-hydrogen) atoms. The summed E-state index contributed by atoms with van der Waals surface area (Å²) in [5.74, 6) is 0.899. The van der Waals surface area contributed by atoms with Crippen molar-refractivity contribution in [3.8, 4) is 0 Å². The molecule has 5 nitrogen and oxygen atoms in total. The van der Waals surface area contributed by atoms with E-state index in [1.165, 1.54) is 0 Å². The zero-order valence-electron chi connectivity index (χ0n) is 10.4. The van der Waals surface area contributed by atoms with Crippen LogP contribution in [0.1, 0.15) is 6.92 Å². The van der Waals surface area contributed by atoms with E-state index in [4.69, 9.17) is 16.3 Å². The summed E-state index contributed by atoms with van der Waals surface area (Å²) in [7, 11) is 1.87. The van der Waals surface area contributed by atoms with E-state index in [9.17, 15) is 0 Å². The molecule has 1 aliphatic rings. The van der Waals surface area contributed by atoms with Gasteiger partial charge in [0.2, 0.25) is 0 Å². The van der Waals surface area contributed by atoms with Gasteiger partial charge in [-0.25, -0.2) is 4.98 Å². The van der Waals surface area contributed by atoms with Gasteiger partial charge in [-0.05, 0) is 6.92 Å². The van der Waals surface area contributed by atoms with Crippen molar-refractivity contribution >= 4 is 28.5 Å². The topological polar surface area (TPSA) is 43.2 Å². The number of aromatic nitrogens is 3. The Hall–Kier alpha value is -1.33. The van der Waals surface area contributed by atoms with E-state index >= 15 is 0 Å². The normalized spacial score (nSPS) is 20.6. The van der Waals surface area contributed by atoms with Gasteiger partial charge in [-0.2, -0.15) is 5.10 Å². The van der Waals surface area contributed by atoms with Crippen molar-refractivity contribution in [2.24, 2.45) is 7.05 Å². The van der Waals surface area contributed by atoms with Gasteiger partial charge in [0.25, 0.3) is 0 Å². The number of pyridine rings is 1. The minimum atomic E-state index is 0.316. The van der Waals surface area contributed by atoms with Crippen LogP contribution in [0.3, 0.4) is 0 Å². The highest BCUT2D eigenvalue weighted by Gasteiger charge is 2.21. The van der Waals surface area contributed by atoms with E-state index in [1.807, 2.05) is 13.1 Å². The lowest BCUT2D eigenvalue weighted by molar-refractivity contribution is 0.0986. The van der Waals surface area contributed by atoms with Crippen molar-refractivity contribution in [1.29, 1.82) is 0 Å². The van der Waals surface area contributed by atoms with Gasteiger partial charge in [-0.15, -0.1) is 0 Å². The second-order valence-corrected chi connectivity index (χ2v) is 4.99. The number of aryl methyl sites for hydroxylation is 1. The summed E-state index contributed by atoms with van der Waals surface area (Å²) >= 11 is 6.32. The van der Waals surface area contributed by atoms with Gasteiger partial charge >= 0.3 is 0 Å². The fourth-order valence-corrected chi connectivity index (χ4v) is 2.65. The molecule has 0 N–H and O–H groups in total. The second-order valence-electron chi connectivity index (χ2n) is 4.58. The first-order chi connectivity index (χ1) is 8.66. The Balaban J connectivity index is 2.07. The lowest BCUT2D eigenvalue weighted by atomic mass is 10.2. The van der Waals surface area contributed by atoms with Crippen molar-refractivity contribution < 1.29 is 4.74 Å². The zero-order chi connectivity index (χ0) is 12.7. The number of morpholine rings is 1. The number of anilines is 1. The van der Waals surface area contributed by atoms with Crippen LogP contribution in [0, 0.1) is 0 Å². The summed E-state index contributed by atoms with van der Waals surface area (Å²) in [5, 5.41) is 4.88. The van der Waals surface area contributed by atoms with Crippen molar-refractivity contribution in [1.82, 2.24) is 14.8 Å². The van der Waals surface area contributed by atoms with Crippen LogP contribution in [0.15, 0.2) is 12.3 Å². The third-order valence-electron chi connectivity index (χ3n) is 3.30. The van der Waals surface area contributed by atoms with Crippen LogP contribution < -0.4 is 4.90 Å². The highest BCUT2D eigenvalue weighted by molar-refractivity contribution is 6.35. The average Bonchev–Trinajstić information content (AvgIpc) is 2.72. The molecular formula is C12H15ClN4O. The summed E-state index contributed by atoms with van der Waals surface area (Å²) in [6.45, 7) is 4.43. The molecule has 6 heteroatoms. The van der Waals surface area contributed by atoms with Gasteiger partial charge in [0.05, 0.1) is 30.5 Å². The Bertz CT molecular complexity index is 583. The molecule has 3 heterocycles. The SMILES string of the molecule is C[C@@H]1COCCN1c1cc(Cl)c2c(cnn2C)n1. The van der Waals surface area contributed by atoms with Crippen LogP contribution in [0.5, 0.6) is 0 Å². The molecule has 96 valence electrons. The molecule has 3 rings (SSSR count). The van der Waals surface area contributed by atoms with Crippen molar-refractivity contribution in [3.63, 3.8) is 0 Å². The maximum absolute atomic E-state index is 6.32. The van der Waals surface area contributed by atoms with Crippen LogP contribution in [0.4, 0.5) is 5.82 Å². The van der Waals surface area contributed by atoms with Crippen molar-refractivity contribution in [2.75, 3.05) is 24.7 Å². The molecule has 0 aliphatic carbocycles. The summed E-state index contributed by atoms with van der Waals surface area (Å²) in [5.41, 5.74) is 1.71. The molecule has 0 saturated carbocycles. The molecular weight excluding hydrogens is 252 g/mol. The monoisotopic (exact) mass is 266 g/mol. The third-order valence-corrected chi connectivity index (χ3v) is 3.59. The molecule has 1 aliphatic heterocycles. The van der Waals surface area contributed by atoms with E-state index in [1.54, 1.807) is 10.9 Å². The maximum atomic E-state index is 6.32. The van der Waals surface area contributed by atoms with Gasteiger partial charge in [0.1, 0.15) is 16.9 Å².